The van der Waals surface area contributed by atoms with Crippen molar-refractivity contribution in [3.63, 3.8) is 0 Å². The van der Waals surface area contributed by atoms with Crippen LogP contribution in [0.1, 0.15) is 21.3 Å². The van der Waals surface area contributed by atoms with E-state index in [-0.39, 0.29) is 5.38 Å². The molecule has 0 aliphatic heterocycles. The quantitative estimate of drug-likeness (QED) is 0.603. The number of hydrogen-bond donors (Lipinski definition) is 0. The predicted molar refractivity (Wildman–Crippen MR) is 72.4 cm³/mol. The van der Waals surface area contributed by atoms with E-state index in [9.17, 15) is 4.79 Å². The van der Waals surface area contributed by atoms with Crippen molar-refractivity contribution in [2.45, 2.75) is 5.38 Å². The van der Waals surface area contributed by atoms with Crippen LogP contribution in [0.5, 0.6) is 5.75 Å². The smallest absolute Gasteiger partial charge is 0.153 e. The van der Waals surface area contributed by atoms with Gasteiger partial charge in [-0.1, -0.05) is 42.5 Å². The molecule has 0 saturated carbocycles. The molecule has 0 amide bonds. The first-order valence-electron chi connectivity index (χ1n) is 5.67. The van der Waals surface area contributed by atoms with Crippen LogP contribution in [0.4, 0.5) is 0 Å². The number of carbonyl (C=O) groups is 1. The van der Waals surface area contributed by atoms with Crippen LogP contribution in [0.15, 0.2) is 54.6 Å². The van der Waals surface area contributed by atoms with Gasteiger partial charge in [0.2, 0.25) is 0 Å². The molecule has 0 aliphatic rings. The normalized spacial score (nSPS) is 11.8. The maximum Gasteiger partial charge on any atom is 0.153 e. The molecule has 18 heavy (non-hydrogen) atoms. The van der Waals surface area contributed by atoms with Crippen molar-refractivity contribution in [3.8, 4) is 5.75 Å². The Labute approximate surface area is 111 Å². The van der Waals surface area contributed by atoms with Gasteiger partial charge in [-0.25, -0.2) is 0 Å². The molecule has 0 N–H and O–H groups in total. The number of benzene rings is 2. The molecule has 1 atom stereocenters. The summed E-state index contributed by atoms with van der Waals surface area (Å²) < 4.78 is 5.58. The maximum atomic E-state index is 10.8. The van der Waals surface area contributed by atoms with Crippen molar-refractivity contribution in [1.29, 1.82) is 0 Å². The molecule has 92 valence electrons. The number of halogens is 1. The van der Waals surface area contributed by atoms with E-state index >= 15 is 0 Å². The maximum absolute atomic E-state index is 10.8. The highest BCUT2D eigenvalue weighted by Crippen LogP contribution is 2.23. The summed E-state index contributed by atoms with van der Waals surface area (Å²) in [6.45, 7) is 0.330. The summed E-state index contributed by atoms with van der Waals surface area (Å²) in [5.74, 6) is 0.564. The second-order valence-electron chi connectivity index (χ2n) is 3.84. The highest BCUT2D eigenvalue weighted by Gasteiger charge is 2.09. The van der Waals surface area contributed by atoms with Crippen LogP contribution in [0.2, 0.25) is 0 Å². The molecule has 2 rings (SSSR count). The second kappa shape index (κ2) is 6.22. The average Bonchev–Trinajstić information content (AvgIpc) is 2.46. The fourth-order valence-corrected chi connectivity index (χ4v) is 1.84. The fraction of sp³-hybridized carbons (Fsp3) is 0.133. The number of aldehydes is 1. The van der Waals surface area contributed by atoms with Crippen LogP contribution in [-0.2, 0) is 0 Å². The minimum absolute atomic E-state index is 0.231. The van der Waals surface area contributed by atoms with Gasteiger partial charge in [-0.15, -0.1) is 11.6 Å². The number of ether oxygens (including phenoxy) is 1. The third kappa shape index (κ3) is 3.11. The molecular formula is C15H13ClO2. The van der Waals surface area contributed by atoms with Crippen molar-refractivity contribution in [2.75, 3.05) is 6.61 Å². The molecule has 0 spiro atoms. The first-order chi connectivity index (χ1) is 8.81. The largest absolute Gasteiger partial charge is 0.491 e. The van der Waals surface area contributed by atoms with Gasteiger partial charge < -0.3 is 4.74 Å². The molecule has 1 unspecified atom stereocenters. The van der Waals surface area contributed by atoms with E-state index in [1.54, 1.807) is 18.2 Å². The summed E-state index contributed by atoms with van der Waals surface area (Å²) in [5, 5.41) is -0.231. The number of alkyl halides is 1. The number of para-hydroxylation sites is 1. The first-order valence-corrected chi connectivity index (χ1v) is 6.11. The summed E-state index contributed by atoms with van der Waals surface area (Å²) >= 11 is 6.24. The predicted octanol–water partition coefficient (Wildman–Crippen LogP) is 3.86. The number of hydrogen-bond acceptors (Lipinski definition) is 2. The van der Waals surface area contributed by atoms with Gasteiger partial charge in [-0.05, 0) is 17.7 Å². The lowest BCUT2D eigenvalue weighted by atomic mass is 10.1. The Balaban J connectivity index is 2.01. The van der Waals surface area contributed by atoms with Gasteiger partial charge in [0, 0.05) is 0 Å². The van der Waals surface area contributed by atoms with Crippen molar-refractivity contribution in [1.82, 2.24) is 0 Å². The SMILES string of the molecule is O=Cc1ccccc1OCC(Cl)c1ccccc1. The molecule has 3 heteroatoms. The van der Waals surface area contributed by atoms with Gasteiger partial charge in [0.1, 0.15) is 12.4 Å². The lowest BCUT2D eigenvalue weighted by Crippen LogP contribution is -2.06. The van der Waals surface area contributed by atoms with E-state index < -0.39 is 0 Å². The minimum Gasteiger partial charge on any atom is -0.491 e. The standard InChI is InChI=1S/C15H13ClO2/c16-14(12-6-2-1-3-7-12)11-18-15-9-5-4-8-13(15)10-17/h1-10,14H,11H2. The number of carbonyl (C=O) groups excluding carboxylic acids is 1. The molecule has 2 aromatic rings. The Morgan fingerprint density at radius 1 is 1.06 bits per heavy atom. The molecule has 0 saturated heterocycles. The Hall–Kier alpha value is -1.80. The zero-order valence-corrected chi connectivity index (χ0v) is 10.5. The van der Waals surface area contributed by atoms with Crippen LogP contribution >= 0.6 is 11.6 Å². The lowest BCUT2D eigenvalue weighted by molar-refractivity contribution is 0.111. The number of rotatable bonds is 5. The fourth-order valence-electron chi connectivity index (χ4n) is 1.63. The van der Waals surface area contributed by atoms with Gasteiger partial charge in [0.15, 0.2) is 6.29 Å². The second-order valence-corrected chi connectivity index (χ2v) is 4.37. The molecular weight excluding hydrogens is 248 g/mol. The average molecular weight is 261 g/mol. The zero-order valence-electron chi connectivity index (χ0n) is 9.75. The Bertz CT molecular complexity index is 511. The van der Waals surface area contributed by atoms with Crippen LogP contribution in [0, 0.1) is 0 Å². The van der Waals surface area contributed by atoms with Crippen molar-refractivity contribution in [2.24, 2.45) is 0 Å². The van der Waals surface area contributed by atoms with E-state index in [0.29, 0.717) is 17.9 Å². The van der Waals surface area contributed by atoms with E-state index in [0.717, 1.165) is 11.8 Å². The molecule has 0 bridgehead atoms. The summed E-state index contributed by atoms with van der Waals surface area (Å²) in [6.07, 6.45) is 0.779. The van der Waals surface area contributed by atoms with Crippen LogP contribution in [0.25, 0.3) is 0 Å². The van der Waals surface area contributed by atoms with Crippen molar-refractivity contribution >= 4 is 17.9 Å². The van der Waals surface area contributed by atoms with Gasteiger partial charge in [-0.3, -0.25) is 4.79 Å². The summed E-state index contributed by atoms with van der Waals surface area (Å²) in [5.41, 5.74) is 1.54. The van der Waals surface area contributed by atoms with Gasteiger partial charge in [-0.2, -0.15) is 0 Å². The van der Waals surface area contributed by atoms with Crippen LogP contribution in [-0.4, -0.2) is 12.9 Å². The third-order valence-corrected chi connectivity index (χ3v) is 2.97. The molecule has 2 aromatic carbocycles. The van der Waals surface area contributed by atoms with Gasteiger partial charge in [0.25, 0.3) is 0 Å². The van der Waals surface area contributed by atoms with Crippen LogP contribution in [0.3, 0.4) is 0 Å². The Morgan fingerprint density at radius 2 is 1.72 bits per heavy atom. The van der Waals surface area contributed by atoms with Crippen LogP contribution < -0.4 is 4.74 Å². The Morgan fingerprint density at radius 3 is 2.44 bits per heavy atom. The lowest BCUT2D eigenvalue weighted by Gasteiger charge is -2.12. The summed E-state index contributed by atoms with van der Waals surface area (Å²) in [6, 6.07) is 16.8. The highest BCUT2D eigenvalue weighted by molar-refractivity contribution is 6.20. The van der Waals surface area contributed by atoms with Crippen molar-refractivity contribution < 1.29 is 9.53 Å². The topological polar surface area (TPSA) is 26.3 Å². The molecule has 0 radical (unpaired) electrons. The van der Waals surface area contributed by atoms with E-state index in [4.69, 9.17) is 16.3 Å². The molecule has 2 nitrogen and oxygen atoms in total. The van der Waals surface area contributed by atoms with Crippen molar-refractivity contribution in [3.05, 3.63) is 65.7 Å². The minimum atomic E-state index is -0.231. The molecule has 0 fully saturated rings. The Kier molecular flexibility index (Phi) is 4.37. The van der Waals surface area contributed by atoms with E-state index in [1.807, 2.05) is 36.4 Å². The molecule has 0 aromatic heterocycles. The molecule has 0 aliphatic carbocycles. The van der Waals surface area contributed by atoms with E-state index in [1.165, 1.54) is 0 Å². The third-order valence-electron chi connectivity index (χ3n) is 2.59. The van der Waals surface area contributed by atoms with Gasteiger partial charge >= 0.3 is 0 Å². The summed E-state index contributed by atoms with van der Waals surface area (Å²) in [4.78, 5) is 10.8. The van der Waals surface area contributed by atoms with Gasteiger partial charge in [0.05, 0.1) is 10.9 Å². The zero-order chi connectivity index (χ0) is 12.8. The summed E-state index contributed by atoms with van der Waals surface area (Å²) in [7, 11) is 0. The monoisotopic (exact) mass is 260 g/mol. The first kappa shape index (κ1) is 12.7. The molecule has 0 heterocycles. The van der Waals surface area contributed by atoms with E-state index in [2.05, 4.69) is 0 Å². The highest BCUT2D eigenvalue weighted by atomic mass is 35.5.